The van der Waals surface area contributed by atoms with Gasteiger partial charge in [0.05, 0.1) is 12.2 Å². The van der Waals surface area contributed by atoms with Gasteiger partial charge in [0.25, 0.3) is 0 Å². The highest BCUT2D eigenvalue weighted by Crippen LogP contribution is 2.30. The minimum atomic E-state index is 0.207. The van der Waals surface area contributed by atoms with Crippen molar-refractivity contribution in [1.82, 2.24) is 9.88 Å². The standard InChI is InChI=1S/C17H22N2OS/c1-19(12-17-18-14-8-5-9-16(14)21-17)15(10-11-20)13-6-3-2-4-7-13/h2-4,6-7,15,20H,5,8-12H2,1H3/t15-/m1/s1. The molecule has 0 aliphatic heterocycles. The maximum absolute atomic E-state index is 9.37. The van der Waals surface area contributed by atoms with Crippen LogP contribution < -0.4 is 0 Å². The molecule has 0 saturated heterocycles. The zero-order valence-electron chi connectivity index (χ0n) is 12.5. The molecule has 4 heteroatoms. The first-order chi connectivity index (χ1) is 10.3. The molecule has 3 nitrogen and oxygen atoms in total. The summed E-state index contributed by atoms with van der Waals surface area (Å²) in [4.78, 5) is 8.57. The Kier molecular flexibility index (Phi) is 4.68. The third-order valence-electron chi connectivity index (χ3n) is 4.14. The van der Waals surface area contributed by atoms with E-state index in [1.165, 1.54) is 34.0 Å². The number of nitrogens with zero attached hydrogens (tertiary/aromatic N) is 2. The van der Waals surface area contributed by atoms with Gasteiger partial charge in [0, 0.05) is 17.5 Å². The number of thiazole rings is 1. The van der Waals surface area contributed by atoms with Crippen LogP contribution in [0.2, 0.25) is 0 Å². The van der Waals surface area contributed by atoms with Gasteiger partial charge in [-0.1, -0.05) is 30.3 Å². The Hall–Kier alpha value is -1.23. The lowest BCUT2D eigenvalue weighted by Crippen LogP contribution is -2.25. The summed E-state index contributed by atoms with van der Waals surface area (Å²) in [5, 5.41) is 10.6. The summed E-state index contributed by atoms with van der Waals surface area (Å²) in [6.07, 6.45) is 4.37. The SMILES string of the molecule is CN(Cc1nc2c(s1)CCC2)[C@H](CCO)c1ccccc1. The van der Waals surface area contributed by atoms with E-state index in [0.29, 0.717) is 0 Å². The predicted molar refractivity (Wildman–Crippen MR) is 86.5 cm³/mol. The summed E-state index contributed by atoms with van der Waals surface area (Å²) < 4.78 is 0. The van der Waals surface area contributed by atoms with Gasteiger partial charge in [-0.3, -0.25) is 4.90 Å². The second-order valence-corrected chi connectivity index (χ2v) is 6.85. The molecule has 3 rings (SSSR count). The molecule has 0 fully saturated rings. The molecule has 1 atom stereocenters. The van der Waals surface area contributed by atoms with Crippen LogP contribution >= 0.6 is 11.3 Å². The van der Waals surface area contributed by atoms with Crippen molar-refractivity contribution in [2.45, 2.75) is 38.3 Å². The molecule has 0 bridgehead atoms. The maximum atomic E-state index is 9.37. The quantitative estimate of drug-likeness (QED) is 0.890. The van der Waals surface area contributed by atoms with Gasteiger partial charge in [-0.2, -0.15) is 0 Å². The summed E-state index contributed by atoms with van der Waals surface area (Å²) in [5.74, 6) is 0. The van der Waals surface area contributed by atoms with Crippen molar-refractivity contribution in [2.24, 2.45) is 0 Å². The van der Waals surface area contributed by atoms with E-state index in [-0.39, 0.29) is 12.6 Å². The molecule has 112 valence electrons. The number of benzene rings is 1. The first kappa shape index (κ1) is 14.7. The Morgan fingerprint density at radius 1 is 1.29 bits per heavy atom. The number of fused-ring (bicyclic) bond motifs is 1. The average Bonchev–Trinajstić information content (AvgIpc) is 3.06. The van der Waals surface area contributed by atoms with Crippen LogP contribution in [0.1, 0.15) is 40.0 Å². The Bertz CT molecular complexity index is 560. The summed E-state index contributed by atoms with van der Waals surface area (Å²) in [6.45, 7) is 1.06. The zero-order chi connectivity index (χ0) is 14.7. The summed E-state index contributed by atoms with van der Waals surface area (Å²) in [6, 6.07) is 10.7. The van der Waals surface area contributed by atoms with Gasteiger partial charge in [-0.05, 0) is 38.3 Å². The van der Waals surface area contributed by atoms with Crippen molar-refractivity contribution < 1.29 is 5.11 Å². The monoisotopic (exact) mass is 302 g/mol. The van der Waals surface area contributed by atoms with Gasteiger partial charge in [0.15, 0.2) is 0 Å². The lowest BCUT2D eigenvalue weighted by molar-refractivity contribution is 0.180. The number of rotatable bonds is 6. The lowest BCUT2D eigenvalue weighted by atomic mass is 10.0. The van der Waals surface area contributed by atoms with Crippen molar-refractivity contribution in [2.75, 3.05) is 13.7 Å². The highest BCUT2D eigenvalue weighted by Gasteiger charge is 2.21. The fourth-order valence-corrected chi connectivity index (χ4v) is 4.29. The highest BCUT2D eigenvalue weighted by atomic mass is 32.1. The van der Waals surface area contributed by atoms with Gasteiger partial charge in [-0.15, -0.1) is 11.3 Å². The van der Waals surface area contributed by atoms with Crippen LogP contribution in [0.15, 0.2) is 30.3 Å². The molecule has 0 radical (unpaired) electrons. The maximum Gasteiger partial charge on any atom is 0.107 e. The number of hydrogen-bond acceptors (Lipinski definition) is 4. The molecule has 0 amide bonds. The Balaban J connectivity index is 1.73. The van der Waals surface area contributed by atoms with E-state index in [9.17, 15) is 5.11 Å². The first-order valence-electron chi connectivity index (χ1n) is 7.61. The molecule has 1 aromatic heterocycles. The summed E-state index contributed by atoms with van der Waals surface area (Å²) in [5.41, 5.74) is 2.58. The minimum Gasteiger partial charge on any atom is -0.396 e. The van der Waals surface area contributed by atoms with E-state index in [2.05, 4.69) is 36.2 Å². The Morgan fingerprint density at radius 3 is 2.81 bits per heavy atom. The van der Waals surface area contributed by atoms with Crippen LogP contribution in [-0.4, -0.2) is 28.6 Å². The fourth-order valence-electron chi connectivity index (χ4n) is 3.07. The second kappa shape index (κ2) is 6.69. The minimum absolute atomic E-state index is 0.207. The molecule has 2 aromatic rings. The van der Waals surface area contributed by atoms with Gasteiger partial charge < -0.3 is 5.11 Å². The van der Waals surface area contributed by atoms with Gasteiger partial charge in [-0.25, -0.2) is 4.98 Å². The Morgan fingerprint density at radius 2 is 2.10 bits per heavy atom. The second-order valence-electron chi connectivity index (χ2n) is 5.68. The average molecular weight is 302 g/mol. The molecule has 1 N–H and O–H groups in total. The number of aliphatic hydroxyl groups is 1. The third kappa shape index (κ3) is 3.34. The molecular weight excluding hydrogens is 280 g/mol. The van der Waals surface area contributed by atoms with Crippen molar-refractivity contribution in [3.05, 3.63) is 51.5 Å². The van der Waals surface area contributed by atoms with Crippen LogP contribution in [-0.2, 0) is 19.4 Å². The summed E-state index contributed by atoms with van der Waals surface area (Å²) in [7, 11) is 2.12. The number of hydrogen-bond donors (Lipinski definition) is 1. The molecule has 1 aromatic carbocycles. The van der Waals surface area contributed by atoms with Gasteiger partial charge in [0.2, 0.25) is 0 Å². The molecular formula is C17H22N2OS. The van der Waals surface area contributed by atoms with E-state index in [0.717, 1.165) is 19.4 Å². The van der Waals surface area contributed by atoms with E-state index in [1.807, 2.05) is 17.4 Å². The van der Waals surface area contributed by atoms with Crippen molar-refractivity contribution in [1.29, 1.82) is 0 Å². The van der Waals surface area contributed by atoms with Gasteiger partial charge >= 0.3 is 0 Å². The first-order valence-corrected chi connectivity index (χ1v) is 8.43. The van der Waals surface area contributed by atoms with Crippen LogP contribution in [0.4, 0.5) is 0 Å². The van der Waals surface area contributed by atoms with Crippen LogP contribution in [0.25, 0.3) is 0 Å². The zero-order valence-corrected chi connectivity index (χ0v) is 13.3. The van der Waals surface area contributed by atoms with E-state index in [4.69, 9.17) is 4.98 Å². The molecule has 0 spiro atoms. The van der Waals surface area contributed by atoms with E-state index >= 15 is 0 Å². The number of aryl methyl sites for hydroxylation is 2. The predicted octanol–water partition coefficient (Wildman–Crippen LogP) is 3.19. The Labute approximate surface area is 130 Å². The van der Waals surface area contributed by atoms with Crippen LogP contribution in [0, 0.1) is 0 Å². The molecule has 0 unspecified atom stereocenters. The molecule has 1 aliphatic rings. The molecule has 21 heavy (non-hydrogen) atoms. The highest BCUT2D eigenvalue weighted by molar-refractivity contribution is 7.11. The molecule has 1 heterocycles. The van der Waals surface area contributed by atoms with Crippen molar-refractivity contribution >= 4 is 11.3 Å². The molecule has 0 saturated carbocycles. The molecule has 1 aliphatic carbocycles. The number of aliphatic hydroxyl groups excluding tert-OH is 1. The lowest BCUT2D eigenvalue weighted by Gasteiger charge is -2.27. The van der Waals surface area contributed by atoms with Crippen molar-refractivity contribution in [3.8, 4) is 0 Å². The van der Waals surface area contributed by atoms with E-state index < -0.39 is 0 Å². The fraction of sp³-hybridized carbons (Fsp3) is 0.471. The number of aromatic nitrogens is 1. The summed E-state index contributed by atoms with van der Waals surface area (Å²) >= 11 is 1.87. The van der Waals surface area contributed by atoms with Gasteiger partial charge in [0.1, 0.15) is 5.01 Å². The topological polar surface area (TPSA) is 36.4 Å². The van der Waals surface area contributed by atoms with Crippen LogP contribution in [0.5, 0.6) is 0 Å². The van der Waals surface area contributed by atoms with Crippen LogP contribution in [0.3, 0.4) is 0 Å². The van der Waals surface area contributed by atoms with E-state index in [1.54, 1.807) is 0 Å². The van der Waals surface area contributed by atoms with Crippen molar-refractivity contribution in [3.63, 3.8) is 0 Å². The normalized spacial score (nSPS) is 15.4. The third-order valence-corrected chi connectivity index (χ3v) is 5.29. The largest absolute Gasteiger partial charge is 0.396 e. The smallest absolute Gasteiger partial charge is 0.107 e.